The third-order valence-electron chi connectivity index (χ3n) is 3.04. The van der Waals surface area contributed by atoms with E-state index in [2.05, 4.69) is 0 Å². The summed E-state index contributed by atoms with van der Waals surface area (Å²) in [5.74, 6) is 1.59. The van der Waals surface area contributed by atoms with Gasteiger partial charge in [-0.15, -0.1) is 0 Å². The molecule has 1 aromatic carbocycles. The van der Waals surface area contributed by atoms with E-state index in [1.165, 1.54) is 12.8 Å². The Morgan fingerprint density at radius 2 is 2.25 bits per heavy atom. The molecule has 0 aliphatic heterocycles. The smallest absolute Gasteiger partial charge is 0.165 e. The van der Waals surface area contributed by atoms with Gasteiger partial charge in [-0.25, -0.2) is 0 Å². The number of anilines is 1. The van der Waals surface area contributed by atoms with Crippen LogP contribution in [0.1, 0.15) is 36.0 Å². The van der Waals surface area contributed by atoms with Crippen LogP contribution in [-0.4, -0.2) is 12.9 Å². The highest BCUT2D eigenvalue weighted by Gasteiger charge is 2.22. The van der Waals surface area contributed by atoms with Crippen LogP contribution < -0.4 is 10.5 Å². The highest BCUT2D eigenvalue weighted by molar-refractivity contribution is 6.01. The summed E-state index contributed by atoms with van der Waals surface area (Å²) >= 11 is 0. The van der Waals surface area contributed by atoms with Crippen molar-refractivity contribution in [3.8, 4) is 5.75 Å². The van der Waals surface area contributed by atoms with Crippen LogP contribution in [0.2, 0.25) is 0 Å². The predicted molar refractivity (Wildman–Crippen MR) is 63.7 cm³/mol. The van der Waals surface area contributed by atoms with E-state index in [1.54, 1.807) is 25.3 Å². The van der Waals surface area contributed by atoms with Crippen LogP contribution in [0.15, 0.2) is 18.2 Å². The molecule has 0 radical (unpaired) electrons. The van der Waals surface area contributed by atoms with Crippen molar-refractivity contribution in [1.82, 2.24) is 0 Å². The molecule has 86 valence electrons. The molecule has 0 saturated heterocycles. The zero-order chi connectivity index (χ0) is 11.5. The van der Waals surface area contributed by atoms with E-state index in [0.717, 1.165) is 12.3 Å². The van der Waals surface area contributed by atoms with Crippen molar-refractivity contribution in [1.29, 1.82) is 0 Å². The summed E-state index contributed by atoms with van der Waals surface area (Å²) in [5, 5.41) is 0. The number of rotatable bonds is 5. The van der Waals surface area contributed by atoms with Gasteiger partial charge in [0.2, 0.25) is 0 Å². The number of Topliss-reactive ketones (excluding diaryl/α,β-unsaturated/α-hetero) is 1. The van der Waals surface area contributed by atoms with Gasteiger partial charge in [-0.1, -0.05) is 12.8 Å². The Bertz CT molecular complexity index is 397. The van der Waals surface area contributed by atoms with E-state index >= 15 is 0 Å². The molecule has 2 rings (SSSR count). The zero-order valence-electron chi connectivity index (χ0n) is 9.53. The largest absolute Gasteiger partial charge is 0.497 e. The highest BCUT2D eigenvalue weighted by atomic mass is 16.5. The first kappa shape index (κ1) is 11.0. The molecule has 1 saturated carbocycles. The fraction of sp³-hybridized carbons (Fsp3) is 0.462. The number of methoxy groups -OCH3 is 1. The molecular formula is C13H17NO2. The number of hydrogen-bond donors (Lipinski definition) is 1. The van der Waals surface area contributed by atoms with Crippen molar-refractivity contribution in [3.05, 3.63) is 23.8 Å². The maximum Gasteiger partial charge on any atom is 0.165 e. The van der Waals surface area contributed by atoms with E-state index in [9.17, 15) is 4.79 Å². The Morgan fingerprint density at radius 1 is 1.50 bits per heavy atom. The molecule has 1 fully saturated rings. The lowest BCUT2D eigenvalue weighted by atomic mass is 10.0. The summed E-state index contributed by atoms with van der Waals surface area (Å²) < 4.78 is 5.09. The summed E-state index contributed by atoms with van der Waals surface area (Å²) in [6, 6.07) is 5.22. The molecule has 0 amide bonds. The van der Waals surface area contributed by atoms with Crippen molar-refractivity contribution in [3.63, 3.8) is 0 Å². The van der Waals surface area contributed by atoms with Crippen molar-refractivity contribution >= 4 is 11.5 Å². The maximum absolute atomic E-state index is 11.9. The Morgan fingerprint density at radius 3 is 2.88 bits per heavy atom. The Balaban J connectivity index is 2.07. The van der Waals surface area contributed by atoms with E-state index in [0.29, 0.717) is 23.4 Å². The second kappa shape index (κ2) is 4.56. The standard InChI is InChI=1S/C13H17NO2/c1-16-10-5-6-12(14)11(8-10)13(15)7-4-9-2-3-9/h5-6,8-9H,2-4,7,14H2,1H3. The average molecular weight is 219 g/mol. The predicted octanol–water partition coefficient (Wildman–Crippen LogP) is 2.65. The van der Waals surface area contributed by atoms with Crippen LogP contribution in [0, 0.1) is 5.92 Å². The number of benzene rings is 1. The molecule has 3 heteroatoms. The number of ether oxygens (including phenoxy) is 1. The van der Waals surface area contributed by atoms with Gasteiger partial charge in [0.05, 0.1) is 7.11 Å². The Labute approximate surface area is 95.6 Å². The monoisotopic (exact) mass is 219 g/mol. The molecule has 0 bridgehead atoms. The van der Waals surface area contributed by atoms with E-state index in [1.807, 2.05) is 0 Å². The Hall–Kier alpha value is -1.51. The molecule has 0 spiro atoms. The van der Waals surface area contributed by atoms with Gasteiger partial charge in [0.1, 0.15) is 5.75 Å². The fourth-order valence-electron chi connectivity index (χ4n) is 1.78. The first-order valence-electron chi connectivity index (χ1n) is 5.67. The lowest BCUT2D eigenvalue weighted by molar-refractivity contribution is 0.0978. The molecule has 1 aliphatic carbocycles. The second-order valence-electron chi connectivity index (χ2n) is 4.36. The van der Waals surface area contributed by atoms with Gasteiger partial charge in [0.15, 0.2) is 5.78 Å². The van der Waals surface area contributed by atoms with Crippen LogP contribution in [0.4, 0.5) is 5.69 Å². The van der Waals surface area contributed by atoms with Crippen LogP contribution >= 0.6 is 0 Å². The number of carbonyl (C=O) groups excluding carboxylic acids is 1. The SMILES string of the molecule is COc1ccc(N)c(C(=O)CCC2CC2)c1. The first-order valence-corrected chi connectivity index (χ1v) is 5.67. The number of hydrogen-bond acceptors (Lipinski definition) is 3. The zero-order valence-corrected chi connectivity index (χ0v) is 9.53. The molecule has 16 heavy (non-hydrogen) atoms. The van der Waals surface area contributed by atoms with Gasteiger partial charge in [-0.3, -0.25) is 4.79 Å². The van der Waals surface area contributed by atoms with Gasteiger partial charge in [0.25, 0.3) is 0 Å². The third-order valence-corrected chi connectivity index (χ3v) is 3.04. The summed E-state index contributed by atoms with van der Waals surface area (Å²) in [6.07, 6.45) is 4.15. The van der Waals surface area contributed by atoms with E-state index < -0.39 is 0 Å². The number of nitrogen functional groups attached to an aromatic ring is 1. The molecular weight excluding hydrogens is 202 g/mol. The molecule has 3 nitrogen and oxygen atoms in total. The minimum absolute atomic E-state index is 0.128. The van der Waals surface area contributed by atoms with Crippen molar-refractivity contribution in [2.24, 2.45) is 5.92 Å². The topological polar surface area (TPSA) is 52.3 Å². The minimum Gasteiger partial charge on any atom is -0.497 e. The van der Waals surface area contributed by atoms with Gasteiger partial charge in [-0.05, 0) is 30.5 Å². The van der Waals surface area contributed by atoms with Gasteiger partial charge in [0, 0.05) is 17.7 Å². The lowest BCUT2D eigenvalue weighted by Gasteiger charge is -2.07. The summed E-state index contributed by atoms with van der Waals surface area (Å²) in [6.45, 7) is 0. The lowest BCUT2D eigenvalue weighted by Crippen LogP contribution is -2.04. The second-order valence-corrected chi connectivity index (χ2v) is 4.36. The van der Waals surface area contributed by atoms with Crippen LogP contribution in [0.5, 0.6) is 5.75 Å². The van der Waals surface area contributed by atoms with Crippen molar-refractivity contribution in [2.45, 2.75) is 25.7 Å². The van der Waals surface area contributed by atoms with Crippen LogP contribution in [0.3, 0.4) is 0 Å². The summed E-state index contributed by atoms with van der Waals surface area (Å²) in [7, 11) is 1.59. The van der Waals surface area contributed by atoms with Gasteiger partial charge in [-0.2, -0.15) is 0 Å². The normalized spacial score (nSPS) is 14.8. The molecule has 1 aromatic rings. The number of ketones is 1. The summed E-state index contributed by atoms with van der Waals surface area (Å²) in [5.41, 5.74) is 6.93. The number of carbonyl (C=O) groups is 1. The van der Waals surface area contributed by atoms with E-state index in [4.69, 9.17) is 10.5 Å². The quantitative estimate of drug-likeness (QED) is 0.612. The average Bonchev–Trinajstić information content (AvgIpc) is 3.10. The third kappa shape index (κ3) is 2.54. The van der Waals surface area contributed by atoms with Gasteiger partial charge < -0.3 is 10.5 Å². The molecule has 2 N–H and O–H groups in total. The minimum atomic E-state index is 0.128. The van der Waals surface area contributed by atoms with Crippen molar-refractivity contribution in [2.75, 3.05) is 12.8 Å². The number of nitrogens with two attached hydrogens (primary N) is 1. The van der Waals surface area contributed by atoms with Gasteiger partial charge >= 0.3 is 0 Å². The maximum atomic E-state index is 11.9. The van der Waals surface area contributed by atoms with Crippen molar-refractivity contribution < 1.29 is 9.53 Å². The molecule has 1 aliphatic rings. The molecule has 0 atom stereocenters. The van der Waals surface area contributed by atoms with E-state index in [-0.39, 0.29) is 5.78 Å². The highest BCUT2D eigenvalue weighted by Crippen LogP contribution is 2.34. The Kier molecular flexibility index (Phi) is 3.13. The fourth-order valence-corrected chi connectivity index (χ4v) is 1.78. The van der Waals surface area contributed by atoms with Crippen LogP contribution in [-0.2, 0) is 0 Å². The summed E-state index contributed by atoms with van der Waals surface area (Å²) in [4.78, 5) is 11.9. The first-order chi connectivity index (χ1) is 7.70. The molecule has 0 unspecified atom stereocenters. The van der Waals surface area contributed by atoms with Crippen LogP contribution in [0.25, 0.3) is 0 Å². The molecule has 0 aromatic heterocycles. The molecule has 0 heterocycles.